The number of hydrogen-bond donors (Lipinski definition) is 1. The Morgan fingerprint density at radius 1 is 1.27 bits per heavy atom. The summed E-state index contributed by atoms with van der Waals surface area (Å²) in [7, 11) is 1.34. The van der Waals surface area contributed by atoms with Crippen molar-refractivity contribution < 1.29 is 27.6 Å². The highest BCUT2D eigenvalue weighted by atomic mass is 19.1. The molecule has 2 aromatic rings. The Bertz CT molecular complexity index is 944. The van der Waals surface area contributed by atoms with E-state index in [1.807, 2.05) is 0 Å². The molecular weight excluding hydrogens is 396 g/mol. The van der Waals surface area contributed by atoms with Gasteiger partial charge in [0, 0.05) is 37.8 Å². The van der Waals surface area contributed by atoms with Gasteiger partial charge in [-0.25, -0.2) is 8.78 Å². The number of nitrogens with one attached hydrogen (secondary N) is 1. The fourth-order valence-corrected chi connectivity index (χ4v) is 3.85. The average Bonchev–Trinajstić information content (AvgIpc) is 3.40. The van der Waals surface area contributed by atoms with Crippen molar-refractivity contribution in [2.45, 2.75) is 25.3 Å². The van der Waals surface area contributed by atoms with Crippen molar-refractivity contribution in [2.24, 2.45) is 11.8 Å². The smallest absolute Gasteiger partial charge is 0.312 e. The highest BCUT2D eigenvalue weighted by molar-refractivity contribution is 5.93. The Balaban J connectivity index is 1.44. The lowest BCUT2D eigenvalue weighted by atomic mass is 9.91. The minimum absolute atomic E-state index is 0.00349. The van der Waals surface area contributed by atoms with Crippen molar-refractivity contribution >= 4 is 11.9 Å². The highest BCUT2D eigenvalue weighted by Gasteiger charge is 2.38. The van der Waals surface area contributed by atoms with E-state index in [0.717, 1.165) is 25.2 Å². The van der Waals surface area contributed by atoms with Crippen molar-refractivity contribution in [2.75, 3.05) is 26.7 Å². The number of amides is 1. The van der Waals surface area contributed by atoms with Gasteiger partial charge in [-0.15, -0.1) is 0 Å². The second-order valence-electron chi connectivity index (χ2n) is 7.90. The minimum atomic E-state index is -0.813. The van der Waals surface area contributed by atoms with E-state index in [2.05, 4.69) is 15.4 Å². The maximum atomic E-state index is 13.9. The molecule has 1 aromatic carbocycles. The molecule has 160 valence electrons. The van der Waals surface area contributed by atoms with Crippen LogP contribution in [0.1, 0.15) is 29.8 Å². The molecule has 1 aliphatic heterocycles. The molecule has 4 rings (SSSR count). The van der Waals surface area contributed by atoms with Crippen molar-refractivity contribution in [3.8, 4) is 11.3 Å². The molecule has 9 heteroatoms. The number of piperidine rings is 1. The first-order chi connectivity index (χ1) is 14.4. The molecule has 0 radical (unpaired) electrons. The number of aromatic nitrogens is 1. The van der Waals surface area contributed by atoms with Gasteiger partial charge in [-0.1, -0.05) is 5.16 Å². The Morgan fingerprint density at radius 2 is 2.07 bits per heavy atom. The number of methoxy groups -OCH3 is 1. The van der Waals surface area contributed by atoms with Crippen molar-refractivity contribution in [3.05, 3.63) is 41.6 Å². The number of esters is 1. The van der Waals surface area contributed by atoms with E-state index in [1.54, 1.807) is 0 Å². The Labute approximate surface area is 172 Å². The Morgan fingerprint density at radius 3 is 2.77 bits per heavy atom. The third-order valence-electron chi connectivity index (χ3n) is 5.67. The molecule has 2 heterocycles. The van der Waals surface area contributed by atoms with Gasteiger partial charge in [0.2, 0.25) is 0 Å². The third kappa shape index (κ3) is 4.51. The number of carbonyl (C=O) groups excluding carboxylic acids is 2. The molecule has 1 N–H and O–H groups in total. The van der Waals surface area contributed by atoms with Crippen LogP contribution < -0.4 is 5.32 Å². The Kier molecular flexibility index (Phi) is 5.80. The summed E-state index contributed by atoms with van der Waals surface area (Å²) in [6.45, 7) is 2.27. The number of likely N-dealkylation sites (tertiary alicyclic amines) is 1. The molecule has 7 nitrogen and oxygen atoms in total. The maximum absolute atomic E-state index is 13.9. The molecule has 1 saturated heterocycles. The standard InChI is InChI=1S/C21H23F2N3O4/c1-29-21(28)15-11-26(10-12-2-3-12)7-6-17(15)24-20(27)18-9-19(30-25-18)14-5-4-13(22)8-16(14)23/h4-5,8-9,12,15,17H,2-3,6-7,10-11H2,1H3,(H,24,27)/t15-,17-/m0/s1. The van der Waals surface area contributed by atoms with Crippen LogP contribution in [0.2, 0.25) is 0 Å². The van der Waals surface area contributed by atoms with Crippen molar-refractivity contribution in [1.82, 2.24) is 15.4 Å². The van der Waals surface area contributed by atoms with Crippen LogP contribution in [0.25, 0.3) is 11.3 Å². The fourth-order valence-electron chi connectivity index (χ4n) is 3.85. The molecule has 2 aliphatic rings. The summed E-state index contributed by atoms with van der Waals surface area (Å²) < 4.78 is 37.1. The average molecular weight is 419 g/mol. The van der Waals surface area contributed by atoms with E-state index in [9.17, 15) is 18.4 Å². The van der Waals surface area contributed by atoms with Crippen LogP contribution in [0.4, 0.5) is 8.78 Å². The zero-order valence-corrected chi connectivity index (χ0v) is 16.6. The molecule has 1 aliphatic carbocycles. The molecule has 1 aromatic heterocycles. The summed E-state index contributed by atoms with van der Waals surface area (Å²) >= 11 is 0. The van der Waals surface area contributed by atoms with Crippen LogP contribution in [0, 0.1) is 23.5 Å². The number of rotatable bonds is 6. The summed E-state index contributed by atoms with van der Waals surface area (Å²) in [5.41, 5.74) is -0.0403. The lowest BCUT2D eigenvalue weighted by Gasteiger charge is -2.37. The largest absolute Gasteiger partial charge is 0.469 e. The monoisotopic (exact) mass is 419 g/mol. The topological polar surface area (TPSA) is 84.7 Å². The van der Waals surface area contributed by atoms with Gasteiger partial charge in [-0.05, 0) is 37.3 Å². The van der Waals surface area contributed by atoms with Gasteiger partial charge < -0.3 is 19.5 Å². The first kappa shape index (κ1) is 20.5. The predicted molar refractivity (Wildman–Crippen MR) is 102 cm³/mol. The number of nitrogens with zero attached hydrogens (tertiary/aromatic N) is 2. The van der Waals surface area contributed by atoms with Gasteiger partial charge in [0.05, 0.1) is 18.6 Å². The molecule has 0 bridgehead atoms. The lowest BCUT2D eigenvalue weighted by Crippen LogP contribution is -2.54. The van der Waals surface area contributed by atoms with Gasteiger partial charge in [0.1, 0.15) is 11.6 Å². The Hall–Kier alpha value is -2.81. The van der Waals surface area contributed by atoms with Gasteiger partial charge in [-0.3, -0.25) is 9.59 Å². The molecule has 1 amide bonds. The normalized spacial score (nSPS) is 22.0. The van der Waals surface area contributed by atoms with Crippen LogP contribution in [0.3, 0.4) is 0 Å². The van der Waals surface area contributed by atoms with Gasteiger partial charge in [0.25, 0.3) is 5.91 Å². The summed E-state index contributed by atoms with van der Waals surface area (Å²) in [5.74, 6) is -2.18. The van der Waals surface area contributed by atoms with Crippen LogP contribution >= 0.6 is 0 Å². The number of benzene rings is 1. The first-order valence-electron chi connectivity index (χ1n) is 9.97. The fraction of sp³-hybridized carbons (Fsp3) is 0.476. The number of halogens is 2. The summed E-state index contributed by atoms with van der Waals surface area (Å²) in [6.07, 6.45) is 3.06. The highest BCUT2D eigenvalue weighted by Crippen LogP contribution is 2.31. The number of carbonyl (C=O) groups is 2. The van der Waals surface area contributed by atoms with E-state index in [1.165, 1.54) is 32.1 Å². The molecule has 2 fully saturated rings. The zero-order chi connectivity index (χ0) is 21.3. The second kappa shape index (κ2) is 8.51. The van der Waals surface area contributed by atoms with Gasteiger partial charge in [0.15, 0.2) is 11.5 Å². The van der Waals surface area contributed by atoms with E-state index in [-0.39, 0.29) is 23.0 Å². The SMILES string of the molecule is COC(=O)[C@H]1CN(CC2CC2)CC[C@@H]1NC(=O)c1cc(-c2ccc(F)cc2F)on1. The number of ether oxygens (including phenoxy) is 1. The molecule has 2 atom stereocenters. The van der Waals surface area contributed by atoms with Crippen LogP contribution in [0.15, 0.2) is 28.8 Å². The van der Waals surface area contributed by atoms with Gasteiger partial charge in [-0.2, -0.15) is 0 Å². The van der Waals surface area contributed by atoms with E-state index >= 15 is 0 Å². The van der Waals surface area contributed by atoms with E-state index in [0.29, 0.717) is 18.9 Å². The number of hydrogen-bond acceptors (Lipinski definition) is 6. The van der Waals surface area contributed by atoms with Crippen LogP contribution in [-0.2, 0) is 9.53 Å². The summed E-state index contributed by atoms with van der Waals surface area (Å²) in [6, 6.07) is 3.94. The first-order valence-corrected chi connectivity index (χ1v) is 9.97. The molecular formula is C21H23F2N3O4. The molecule has 1 saturated carbocycles. The second-order valence-corrected chi connectivity index (χ2v) is 7.90. The van der Waals surface area contributed by atoms with E-state index in [4.69, 9.17) is 9.26 Å². The van der Waals surface area contributed by atoms with Crippen LogP contribution in [-0.4, -0.2) is 54.7 Å². The molecule has 30 heavy (non-hydrogen) atoms. The summed E-state index contributed by atoms with van der Waals surface area (Å²) in [4.78, 5) is 27.2. The minimum Gasteiger partial charge on any atom is -0.469 e. The molecule has 0 unspecified atom stereocenters. The zero-order valence-electron chi connectivity index (χ0n) is 16.6. The lowest BCUT2D eigenvalue weighted by molar-refractivity contribution is -0.148. The summed E-state index contributed by atoms with van der Waals surface area (Å²) in [5, 5.41) is 6.54. The van der Waals surface area contributed by atoms with E-state index < -0.39 is 29.5 Å². The van der Waals surface area contributed by atoms with Gasteiger partial charge >= 0.3 is 5.97 Å². The van der Waals surface area contributed by atoms with Crippen molar-refractivity contribution in [3.63, 3.8) is 0 Å². The third-order valence-corrected chi connectivity index (χ3v) is 5.67. The van der Waals surface area contributed by atoms with Crippen LogP contribution in [0.5, 0.6) is 0 Å². The maximum Gasteiger partial charge on any atom is 0.312 e. The predicted octanol–water partition coefficient (Wildman–Crippen LogP) is 2.62. The molecule has 0 spiro atoms. The quantitative estimate of drug-likeness (QED) is 0.725. The van der Waals surface area contributed by atoms with Crippen molar-refractivity contribution in [1.29, 1.82) is 0 Å².